The molecule has 0 radical (unpaired) electrons. The van der Waals surface area contributed by atoms with Crippen LogP contribution in [0.5, 0.6) is 0 Å². The highest BCUT2D eigenvalue weighted by Crippen LogP contribution is 2.25. The van der Waals surface area contributed by atoms with Crippen molar-refractivity contribution >= 4 is 5.69 Å². The molecule has 1 aliphatic carbocycles. The van der Waals surface area contributed by atoms with Crippen LogP contribution in [0.4, 0.5) is 5.69 Å². The lowest BCUT2D eigenvalue weighted by atomic mass is 10.0. The van der Waals surface area contributed by atoms with E-state index in [1.807, 2.05) is 36.4 Å². The zero-order valence-corrected chi connectivity index (χ0v) is 12.4. The van der Waals surface area contributed by atoms with Gasteiger partial charge in [0.15, 0.2) is 0 Å². The molecule has 0 spiro atoms. The average molecular weight is 275 g/mol. The molecule has 0 saturated carbocycles. The third kappa shape index (κ3) is 4.81. The van der Waals surface area contributed by atoms with E-state index in [1.54, 1.807) is 0 Å². The highest BCUT2D eigenvalue weighted by Gasteiger charge is 2.00. The van der Waals surface area contributed by atoms with Crippen LogP contribution < -0.4 is 5.73 Å². The van der Waals surface area contributed by atoms with E-state index in [0.717, 1.165) is 17.7 Å². The minimum absolute atomic E-state index is 0.832. The first-order valence-electron chi connectivity index (χ1n) is 7.17. The number of anilines is 1. The second-order valence-corrected chi connectivity index (χ2v) is 4.93. The Hall–Kier alpha value is -2.54. The molecule has 0 bridgehead atoms. The first-order valence-corrected chi connectivity index (χ1v) is 7.17. The summed E-state index contributed by atoms with van der Waals surface area (Å²) in [4.78, 5) is 0. The van der Waals surface area contributed by atoms with E-state index in [9.17, 15) is 0 Å². The number of nitrogen functional groups attached to an aromatic ring is 1. The maximum Gasteiger partial charge on any atom is 0.0393 e. The van der Waals surface area contributed by atoms with Crippen LogP contribution in [-0.4, -0.2) is 0 Å². The van der Waals surface area contributed by atoms with Crippen molar-refractivity contribution in [1.29, 1.82) is 0 Å². The summed E-state index contributed by atoms with van der Waals surface area (Å²) in [6.07, 6.45) is 13.5. The highest BCUT2D eigenvalue weighted by atomic mass is 14.6. The Morgan fingerprint density at radius 2 is 1.52 bits per heavy atom. The topological polar surface area (TPSA) is 26.0 Å². The van der Waals surface area contributed by atoms with Crippen LogP contribution in [0.2, 0.25) is 0 Å². The number of hydrogen-bond acceptors (Lipinski definition) is 1. The van der Waals surface area contributed by atoms with E-state index in [1.165, 1.54) is 11.1 Å². The summed E-state index contributed by atoms with van der Waals surface area (Å²) >= 11 is 0. The van der Waals surface area contributed by atoms with Crippen molar-refractivity contribution in [2.24, 2.45) is 0 Å². The number of nitrogens with two attached hydrogens (primary N) is 1. The van der Waals surface area contributed by atoms with E-state index < -0.39 is 0 Å². The Morgan fingerprint density at radius 1 is 0.810 bits per heavy atom. The molecule has 1 nitrogen and oxygen atoms in total. The second kappa shape index (κ2) is 7.91. The number of hydrogen-bond donors (Lipinski definition) is 1. The maximum atomic E-state index is 5.90. The van der Waals surface area contributed by atoms with Crippen molar-refractivity contribution in [1.82, 2.24) is 0 Å². The van der Waals surface area contributed by atoms with Crippen molar-refractivity contribution in [3.63, 3.8) is 0 Å². The van der Waals surface area contributed by atoms with Gasteiger partial charge in [-0.15, -0.1) is 0 Å². The van der Waals surface area contributed by atoms with Gasteiger partial charge in [0.1, 0.15) is 0 Å². The third-order valence-corrected chi connectivity index (χ3v) is 3.17. The number of rotatable bonds is 1. The Labute approximate surface area is 127 Å². The Balaban J connectivity index is 0.000000194. The van der Waals surface area contributed by atoms with E-state index >= 15 is 0 Å². The Kier molecular flexibility index (Phi) is 5.60. The smallest absolute Gasteiger partial charge is 0.0393 e. The van der Waals surface area contributed by atoms with Gasteiger partial charge in [0.2, 0.25) is 0 Å². The van der Waals surface area contributed by atoms with Gasteiger partial charge in [-0.05, 0) is 25.0 Å². The molecule has 2 aromatic carbocycles. The van der Waals surface area contributed by atoms with Crippen LogP contribution in [0.1, 0.15) is 12.0 Å². The van der Waals surface area contributed by atoms with Gasteiger partial charge in [0.25, 0.3) is 0 Å². The van der Waals surface area contributed by atoms with Gasteiger partial charge >= 0.3 is 0 Å². The fourth-order valence-corrected chi connectivity index (χ4v) is 2.09. The lowest BCUT2D eigenvalue weighted by molar-refractivity contribution is 1.41. The molecular weight excluding hydrogens is 254 g/mol. The number of para-hydroxylation sites is 1. The average Bonchev–Trinajstić information content (AvgIpc) is 2.81. The van der Waals surface area contributed by atoms with Gasteiger partial charge in [-0.25, -0.2) is 0 Å². The van der Waals surface area contributed by atoms with Crippen molar-refractivity contribution in [2.45, 2.75) is 13.3 Å². The van der Waals surface area contributed by atoms with E-state index in [2.05, 4.69) is 55.5 Å². The molecular formula is C20H21N. The molecule has 0 saturated heterocycles. The Morgan fingerprint density at radius 3 is 2.19 bits per heavy atom. The first-order chi connectivity index (χ1) is 10.3. The fourth-order valence-electron chi connectivity index (χ4n) is 2.09. The summed E-state index contributed by atoms with van der Waals surface area (Å²) in [5.74, 6) is 0. The predicted octanol–water partition coefficient (Wildman–Crippen LogP) is 5.30. The number of allylic oxidation sites excluding steroid dienone is 6. The summed E-state index contributed by atoms with van der Waals surface area (Å²) in [6.45, 7) is 2.09. The SMILES string of the molecule is C1=CC=CCC=C1.Cc1cccc(-c2ccccc2N)c1. The molecule has 0 aromatic heterocycles. The van der Waals surface area contributed by atoms with Crippen LogP contribution >= 0.6 is 0 Å². The molecule has 0 aliphatic heterocycles. The van der Waals surface area contributed by atoms with Gasteiger partial charge in [-0.1, -0.05) is 84.5 Å². The van der Waals surface area contributed by atoms with E-state index in [0.29, 0.717) is 0 Å². The normalized spacial score (nSPS) is 12.4. The summed E-state index contributed by atoms with van der Waals surface area (Å²) in [6, 6.07) is 16.3. The van der Waals surface area contributed by atoms with Crippen molar-refractivity contribution in [2.75, 3.05) is 5.73 Å². The van der Waals surface area contributed by atoms with Crippen molar-refractivity contribution < 1.29 is 0 Å². The maximum absolute atomic E-state index is 5.90. The summed E-state index contributed by atoms with van der Waals surface area (Å²) in [5.41, 5.74) is 10.3. The lowest BCUT2D eigenvalue weighted by Gasteiger charge is -2.05. The fraction of sp³-hybridized carbons (Fsp3) is 0.100. The first kappa shape index (κ1) is 14.9. The van der Waals surface area contributed by atoms with Crippen LogP contribution in [0.3, 0.4) is 0 Å². The third-order valence-electron chi connectivity index (χ3n) is 3.17. The van der Waals surface area contributed by atoms with Gasteiger partial charge < -0.3 is 5.73 Å². The molecule has 2 N–H and O–H groups in total. The molecule has 1 heteroatoms. The van der Waals surface area contributed by atoms with Crippen LogP contribution in [0, 0.1) is 6.92 Å². The van der Waals surface area contributed by atoms with Gasteiger partial charge in [-0.3, -0.25) is 0 Å². The molecule has 0 heterocycles. The molecule has 0 unspecified atom stereocenters. The largest absolute Gasteiger partial charge is 0.398 e. The molecule has 21 heavy (non-hydrogen) atoms. The zero-order valence-electron chi connectivity index (χ0n) is 12.4. The summed E-state index contributed by atoms with van der Waals surface area (Å²) < 4.78 is 0. The van der Waals surface area contributed by atoms with Crippen LogP contribution in [0.15, 0.2) is 85.0 Å². The number of aryl methyl sites for hydroxylation is 1. The van der Waals surface area contributed by atoms with Gasteiger partial charge in [0.05, 0.1) is 0 Å². The minimum Gasteiger partial charge on any atom is -0.398 e. The lowest BCUT2D eigenvalue weighted by Crippen LogP contribution is -1.89. The van der Waals surface area contributed by atoms with Gasteiger partial charge in [0, 0.05) is 11.3 Å². The van der Waals surface area contributed by atoms with Crippen molar-refractivity contribution in [3.05, 3.63) is 90.6 Å². The monoisotopic (exact) mass is 275 g/mol. The number of benzene rings is 2. The molecule has 106 valence electrons. The molecule has 2 aromatic rings. The summed E-state index contributed by atoms with van der Waals surface area (Å²) in [5, 5.41) is 0. The van der Waals surface area contributed by atoms with Crippen LogP contribution in [-0.2, 0) is 0 Å². The van der Waals surface area contributed by atoms with Crippen LogP contribution in [0.25, 0.3) is 11.1 Å². The van der Waals surface area contributed by atoms with Gasteiger partial charge in [-0.2, -0.15) is 0 Å². The highest BCUT2D eigenvalue weighted by molar-refractivity contribution is 5.76. The zero-order chi connectivity index (χ0) is 14.9. The molecule has 1 aliphatic rings. The Bertz CT molecular complexity index is 649. The predicted molar refractivity (Wildman–Crippen MR) is 93.1 cm³/mol. The van der Waals surface area contributed by atoms with E-state index in [4.69, 9.17) is 5.73 Å². The minimum atomic E-state index is 0.832. The molecule has 0 fully saturated rings. The van der Waals surface area contributed by atoms with Crippen molar-refractivity contribution in [3.8, 4) is 11.1 Å². The van der Waals surface area contributed by atoms with E-state index in [-0.39, 0.29) is 0 Å². The molecule has 3 rings (SSSR count). The molecule has 0 amide bonds. The standard InChI is InChI=1S/C13H13N.C7H8/c1-10-5-4-6-11(9-10)12-7-2-3-8-13(12)14;1-2-4-6-7-5-3-1/h2-9H,14H2,1H3;1-6H,7H2. The second-order valence-electron chi connectivity index (χ2n) is 4.93. The summed E-state index contributed by atoms with van der Waals surface area (Å²) in [7, 11) is 0. The molecule has 0 atom stereocenters. The quantitative estimate of drug-likeness (QED) is 0.702.